The first-order chi connectivity index (χ1) is 14.2. The Labute approximate surface area is 172 Å². The standard InChI is InChI=1S/C26H28O3/c27-26(28)16-14-22-17-21(24-12-6-10-20-9-4-5-11-23(20)24)13-15-25(22)29-18-19-7-2-1-3-8-19/h4-6,9-13,15,17,19H,1-3,7-8,14,16,18H2,(H,27,28). The average Bonchev–Trinajstić information content (AvgIpc) is 2.77. The second-order valence-electron chi connectivity index (χ2n) is 8.06. The Morgan fingerprint density at radius 2 is 1.76 bits per heavy atom. The molecule has 3 nitrogen and oxygen atoms in total. The number of ether oxygens (including phenoxy) is 1. The van der Waals surface area contributed by atoms with Crippen LogP contribution in [-0.2, 0) is 11.2 Å². The van der Waals surface area contributed by atoms with Crippen LogP contribution < -0.4 is 4.74 Å². The molecule has 29 heavy (non-hydrogen) atoms. The van der Waals surface area contributed by atoms with E-state index < -0.39 is 5.97 Å². The lowest BCUT2D eigenvalue weighted by molar-refractivity contribution is -0.136. The predicted molar refractivity (Wildman–Crippen MR) is 117 cm³/mol. The number of rotatable bonds is 7. The Hall–Kier alpha value is -2.81. The molecule has 0 radical (unpaired) electrons. The Kier molecular flexibility index (Phi) is 6.14. The summed E-state index contributed by atoms with van der Waals surface area (Å²) in [5, 5.41) is 11.6. The van der Waals surface area contributed by atoms with Crippen LogP contribution in [0.3, 0.4) is 0 Å². The number of aliphatic carboxylic acids is 1. The predicted octanol–water partition coefficient (Wildman–Crippen LogP) is 6.48. The molecule has 0 saturated heterocycles. The Morgan fingerprint density at radius 3 is 2.59 bits per heavy atom. The SMILES string of the molecule is O=C(O)CCc1cc(-c2cccc3ccccc23)ccc1OCC1CCCCC1. The molecule has 3 aromatic rings. The summed E-state index contributed by atoms with van der Waals surface area (Å²) in [6, 6.07) is 20.9. The fourth-order valence-electron chi connectivity index (χ4n) is 4.36. The monoisotopic (exact) mass is 388 g/mol. The zero-order valence-corrected chi connectivity index (χ0v) is 16.8. The van der Waals surface area contributed by atoms with Crippen molar-refractivity contribution in [2.45, 2.75) is 44.9 Å². The fourth-order valence-corrected chi connectivity index (χ4v) is 4.36. The van der Waals surface area contributed by atoms with E-state index in [1.54, 1.807) is 0 Å². The van der Waals surface area contributed by atoms with Crippen molar-refractivity contribution in [3.05, 3.63) is 66.2 Å². The Morgan fingerprint density at radius 1 is 0.966 bits per heavy atom. The van der Waals surface area contributed by atoms with Crippen molar-refractivity contribution in [3.8, 4) is 16.9 Å². The first-order valence-electron chi connectivity index (χ1n) is 10.7. The van der Waals surface area contributed by atoms with Crippen LogP contribution in [0.4, 0.5) is 0 Å². The maximum absolute atomic E-state index is 11.2. The van der Waals surface area contributed by atoms with E-state index in [4.69, 9.17) is 4.74 Å². The van der Waals surface area contributed by atoms with Crippen LogP contribution in [0.1, 0.15) is 44.1 Å². The van der Waals surface area contributed by atoms with Crippen LogP contribution >= 0.6 is 0 Å². The van der Waals surface area contributed by atoms with Crippen LogP contribution in [0, 0.1) is 5.92 Å². The van der Waals surface area contributed by atoms with Gasteiger partial charge in [0.05, 0.1) is 6.61 Å². The highest BCUT2D eigenvalue weighted by Crippen LogP contribution is 2.33. The number of hydrogen-bond acceptors (Lipinski definition) is 2. The van der Waals surface area contributed by atoms with Crippen molar-refractivity contribution in [2.75, 3.05) is 6.61 Å². The normalized spacial score (nSPS) is 14.8. The van der Waals surface area contributed by atoms with Gasteiger partial charge in [-0.25, -0.2) is 0 Å². The highest BCUT2D eigenvalue weighted by Gasteiger charge is 2.16. The van der Waals surface area contributed by atoms with Crippen LogP contribution in [-0.4, -0.2) is 17.7 Å². The lowest BCUT2D eigenvalue weighted by Gasteiger charge is -2.22. The fraction of sp³-hybridized carbons (Fsp3) is 0.346. The number of fused-ring (bicyclic) bond motifs is 1. The molecular weight excluding hydrogens is 360 g/mol. The van der Waals surface area contributed by atoms with Crippen molar-refractivity contribution in [1.82, 2.24) is 0 Å². The number of carboxylic acid groups (broad SMARTS) is 1. The third-order valence-corrected chi connectivity index (χ3v) is 5.97. The highest BCUT2D eigenvalue weighted by atomic mass is 16.5. The Balaban J connectivity index is 1.63. The van der Waals surface area contributed by atoms with Gasteiger partial charge in [-0.05, 0) is 64.8 Å². The third kappa shape index (κ3) is 4.79. The summed E-state index contributed by atoms with van der Waals surface area (Å²) >= 11 is 0. The quantitative estimate of drug-likeness (QED) is 0.504. The van der Waals surface area contributed by atoms with Gasteiger partial charge < -0.3 is 9.84 Å². The van der Waals surface area contributed by atoms with Gasteiger partial charge in [-0.1, -0.05) is 67.8 Å². The molecule has 1 N–H and O–H groups in total. The summed E-state index contributed by atoms with van der Waals surface area (Å²) < 4.78 is 6.19. The van der Waals surface area contributed by atoms with Gasteiger partial charge in [0.1, 0.15) is 5.75 Å². The molecule has 150 valence electrons. The minimum absolute atomic E-state index is 0.110. The first-order valence-corrected chi connectivity index (χ1v) is 10.7. The largest absolute Gasteiger partial charge is 0.493 e. The molecule has 0 unspecified atom stereocenters. The molecule has 0 aliphatic heterocycles. The van der Waals surface area contributed by atoms with E-state index >= 15 is 0 Å². The molecule has 0 bridgehead atoms. The first kappa shape index (κ1) is 19.5. The second kappa shape index (κ2) is 9.13. The number of carboxylic acids is 1. The van der Waals surface area contributed by atoms with E-state index in [1.807, 2.05) is 12.1 Å². The zero-order valence-electron chi connectivity index (χ0n) is 16.8. The lowest BCUT2D eigenvalue weighted by Crippen LogP contribution is -2.16. The van der Waals surface area contributed by atoms with Gasteiger partial charge in [-0.3, -0.25) is 4.79 Å². The zero-order chi connectivity index (χ0) is 20.1. The van der Waals surface area contributed by atoms with Gasteiger partial charge in [0.25, 0.3) is 0 Å². The average molecular weight is 389 g/mol. The van der Waals surface area contributed by atoms with Gasteiger partial charge in [0.2, 0.25) is 0 Å². The van der Waals surface area contributed by atoms with E-state index in [2.05, 4.69) is 48.5 Å². The topological polar surface area (TPSA) is 46.5 Å². The van der Waals surface area contributed by atoms with E-state index in [9.17, 15) is 9.90 Å². The molecule has 1 fully saturated rings. The summed E-state index contributed by atoms with van der Waals surface area (Å²) in [5.41, 5.74) is 3.25. The van der Waals surface area contributed by atoms with Crippen LogP contribution in [0.5, 0.6) is 5.75 Å². The molecular formula is C26H28O3. The van der Waals surface area contributed by atoms with Gasteiger partial charge in [-0.15, -0.1) is 0 Å². The van der Waals surface area contributed by atoms with Crippen molar-refractivity contribution in [1.29, 1.82) is 0 Å². The molecule has 4 rings (SSSR count). The molecule has 1 aliphatic carbocycles. The van der Waals surface area contributed by atoms with E-state index in [0.29, 0.717) is 12.3 Å². The maximum Gasteiger partial charge on any atom is 0.303 e. The summed E-state index contributed by atoms with van der Waals surface area (Å²) in [6.07, 6.45) is 6.98. The minimum Gasteiger partial charge on any atom is -0.493 e. The summed E-state index contributed by atoms with van der Waals surface area (Å²) in [7, 11) is 0. The van der Waals surface area contributed by atoms with Crippen LogP contribution in [0.25, 0.3) is 21.9 Å². The summed E-state index contributed by atoms with van der Waals surface area (Å²) in [6.45, 7) is 0.730. The smallest absolute Gasteiger partial charge is 0.303 e. The molecule has 0 aromatic heterocycles. The third-order valence-electron chi connectivity index (χ3n) is 5.97. The van der Waals surface area contributed by atoms with E-state index in [-0.39, 0.29) is 6.42 Å². The molecule has 1 saturated carbocycles. The number of hydrogen-bond donors (Lipinski definition) is 1. The maximum atomic E-state index is 11.2. The van der Waals surface area contributed by atoms with Gasteiger partial charge in [0, 0.05) is 6.42 Å². The van der Waals surface area contributed by atoms with Crippen LogP contribution in [0.2, 0.25) is 0 Å². The number of carbonyl (C=O) groups is 1. The Bertz CT molecular complexity index is 981. The minimum atomic E-state index is -0.779. The molecule has 3 aromatic carbocycles. The molecule has 0 heterocycles. The van der Waals surface area contributed by atoms with Crippen molar-refractivity contribution < 1.29 is 14.6 Å². The molecule has 1 aliphatic rings. The molecule has 0 spiro atoms. The molecule has 0 atom stereocenters. The lowest BCUT2D eigenvalue weighted by atomic mass is 9.90. The summed E-state index contributed by atoms with van der Waals surface area (Å²) in [4.78, 5) is 11.2. The van der Waals surface area contributed by atoms with Gasteiger partial charge in [-0.2, -0.15) is 0 Å². The van der Waals surface area contributed by atoms with Crippen molar-refractivity contribution in [2.24, 2.45) is 5.92 Å². The highest BCUT2D eigenvalue weighted by molar-refractivity contribution is 5.96. The number of benzene rings is 3. The van der Waals surface area contributed by atoms with E-state index in [0.717, 1.165) is 23.5 Å². The second-order valence-corrected chi connectivity index (χ2v) is 8.06. The molecule has 0 amide bonds. The van der Waals surface area contributed by atoms with Gasteiger partial charge >= 0.3 is 5.97 Å². The van der Waals surface area contributed by atoms with Crippen molar-refractivity contribution >= 4 is 16.7 Å². The van der Waals surface area contributed by atoms with Crippen LogP contribution in [0.15, 0.2) is 60.7 Å². The molecule has 3 heteroatoms. The van der Waals surface area contributed by atoms with E-state index in [1.165, 1.54) is 48.4 Å². The van der Waals surface area contributed by atoms with Crippen molar-refractivity contribution in [3.63, 3.8) is 0 Å². The number of aryl methyl sites for hydroxylation is 1. The van der Waals surface area contributed by atoms with Gasteiger partial charge in [0.15, 0.2) is 0 Å². The summed E-state index contributed by atoms with van der Waals surface area (Å²) in [5.74, 6) is 0.674.